The summed E-state index contributed by atoms with van der Waals surface area (Å²) >= 11 is 0. The highest BCUT2D eigenvalue weighted by Crippen LogP contribution is 2.08. The van der Waals surface area contributed by atoms with Crippen LogP contribution < -0.4 is 5.32 Å². The second-order valence-electron chi connectivity index (χ2n) is 5.29. The third-order valence-electron chi connectivity index (χ3n) is 2.91. The van der Waals surface area contributed by atoms with E-state index >= 15 is 0 Å². The van der Waals surface area contributed by atoms with Gasteiger partial charge in [-0.15, -0.1) is 0 Å². The molecule has 1 aromatic rings. The molecule has 1 aliphatic heterocycles. The highest BCUT2D eigenvalue weighted by Gasteiger charge is 2.18. The van der Waals surface area contributed by atoms with E-state index in [1.807, 2.05) is 0 Å². The van der Waals surface area contributed by atoms with Crippen molar-refractivity contribution in [2.24, 2.45) is 5.92 Å². The van der Waals surface area contributed by atoms with Gasteiger partial charge in [0, 0.05) is 32.1 Å². The van der Waals surface area contributed by atoms with E-state index in [2.05, 4.69) is 41.1 Å². The van der Waals surface area contributed by atoms with Gasteiger partial charge in [-0.3, -0.25) is 4.90 Å². The third kappa shape index (κ3) is 3.78. The summed E-state index contributed by atoms with van der Waals surface area (Å²) < 4.78 is 5.24. The molecule has 0 spiro atoms. The molecule has 5 nitrogen and oxygen atoms in total. The van der Waals surface area contributed by atoms with Crippen LogP contribution in [0.4, 0.5) is 0 Å². The molecule has 17 heavy (non-hydrogen) atoms. The Morgan fingerprint density at radius 2 is 2.35 bits per heavy atom. The predicted octanol–water partition coefficient (Wildman–Crippen LogP) is 1.06. The molecule has 1 unspecified atom stereocenters. The number of hydrogen-bond donors (Lipinski definition) is 1. The molecular weight excluding hydrogens is 216 g/mol. The van der Waals surface area contributed by atoms with Gasteiger partial charge in [0.15, 0.2) is 5.82 Å². The number of nitrogens with zero attached hydrogens (tertiary/aromatic N) is 3. The molecule has 0 amide bonds. The highest BCUT2D eigenvalue weighted by molar-refractivity contribution is 4.88. The average Bonchev–Trinajstić information content (AvgIpc) is 2.64. The topological polar surface area (TPSA) is 54.2 Å². The van der Waals surface area contributed by atoms with Crippen molar-refractivity contribution in [3.05, 3.63) is 11.7 Å². The van der Waals surface area contributed by atoms with Crippen LogP contribution in [0, 0.1) is 5.92 Å². The van der Waals surface area contributed by atoms with E-state index in [-0.39, 0.29) is 0 Å². The first-order valence-electron chi connectivity index (χ1n) is 6.40. The van der Waals surface area contributed by atoms with E-state index in [9.17, 15) is 0 Å². The molecule has 0 radical (unpaired) electrons. The minimum atomic E-state index is 0.547. The molecule has 96 valence electrons. The molecule has 1 N–H and O–H groups in total. The van der Waals surface area contributed by atoms with Gasteiger partial charge >= 0.3 is 0 Å². The van der Waals surface area contributed by atoms with Crippen molar-refractivity contribution >= 4 is 0 Å². The second kappa shape index (κ2) is 5.60. The van der Waals surface area contributed by atoms with Gasteiger partial charge in [0.25, 0.3) is 0 Å². The summed E-state index contributed by atoms with van der Waals surface area (Å²) in [4.78, 5) is 6.80. The Morgan fingerprint density at radius 1 is 1.53 bits per heavy atom. The zero-order valence-electron chi connectivity index (χ0n) is 10.9. The molecule has 1 fully saturated rings. The van der Waals surface area contributed by atoms with Gasteiger partial charge in [-0.05, 0) is 12.8 Å². The summed E-state index contributed by atoms with van der Waals surface area (Å²) in [5.74, 6) is 2.13. The van der Waals surface area contributed by atoms with Crippen LogP contribution in [0.15, 0.2) is 4.52 Å². The molecule has 0 aromatic carbocycles. The Labute approximate surface area is 103 Å². The molecule has 1 aromatic heterocycles. The van der Waals surface area contributed by atoms with Crippen LogP contribution in [0.1, 0.15) is 32.5 Å². The van der Waals surface area contributed by atoms with Gasteiger partial charge in [0.05, 0.1) is 6.54 Å². The number of piperazine rings is 1. The quantitative estimate of drug-likeness (QED) is 0.850. The van der Waals surface area contributed by atoms with Gasteiger partial charge in [0.2, 0.25) is 5.89 Å². The van der Waals surface area contributed by atoms with Crippen molar-refractivity contribution in [1.29, 1.82) is 0 Å². The van der Waals surface area contributed by atoms with Crippen LogP contribution in [-0.4, -0.2) is 40.7 Å². The van der Waals surface area contributed by atoms with Crippen molar-refractivity contribution in [2.75, 3.05) is 19.6 Å². The molecule has 2 rings (SSSR count). The zero-order valence-corrected chi connectivity index (χ0v) is 10.9. The summed E-state index contributed by atoms with van der Waals surface area (Å²) in [5.41, 5.74) is 0. The molecule has 1 saturated heterocycles. The van der Waals surface area contributed by atoms with Crippen LogP contribution in [0.2, 0.25) is 0 Å². The third-order valence-corrected chi connectivity index (χ3v) is 2.91. The van der Waals surface area contributed by atoms with Crippen LogP contribution in [0.3, 0.4) is 0 Å². The number of hydrogen-bond acceptors (Lipinski definition) is 5. The fourth-order valence-corrected chi connectivity index (χ4v) is 2.14. The smallest absolute Gasteiger partial charge is 0.226 e. The zero-order chi connectivity index (χ0) is 12.3. The maximum absolute atomic E-state index is 5.24. The lowest BCUT2D eigenvalue weighted by molar-refractivity contribution is 0.193. The van der Waals surface area contributed by atoms with Gasteiger partial charge in [-0.1, -0.05) is 19.0 Å². The summed E-state index contributed by atoms with van der Waals surface area (Å²) in [6, 6.07) is 0.547. The van der Waals surface area contributed by atoms with E-state index in [1.165, 1.54) is 0 Å². The SMILES string of the molecule is CC(C)Cc1nc(CN2CCNC(C)C2)no1. The van der Waals surface area contributed by atoms with Crippen LogP contribution in [0.5, 0.6) is 0 Å². The molecule has 0 saturated carbocycles. The Hall–Kier alpha value is -0.940. The molecule has 0 bridgehead atoms. The number of rotatable bonds is 4. The van der Waals surface area contributed by atoms with Gasteiger partial charge in [0.1, 0.15) is 0 Å². The predicted molar refractivity (Wildman–Crippen MR) is 65.6 cm³/mol. The normalized spacial score (nSPS) is 22.2. The fraction of sp³-hybridized carbons (Fsp3) is 0.833. The van der Waals surface area contributed by atoms with E-state index in [0.717, 1.165) is 44.3 Å². The van der Waals surface area contributed by atoms with Gasteiger partial charge < -0.3 is 9.84 Å². The second-order valence-corrected chi connectivity index (χ2v) is 5.29. The maximum Gasteiger partial charge on any atom is 0.226 e. The van der Waals surface area contributed by atoms with Crippen molar-refractivity contribution in [2.45, 2.75) is 39.8 Å². The number of aromatic nitrogens is 2. The fourth-order valence-electron chi connectivity index (χ4n) is 2.14. The monoisotopic (exact) mass is 238 g/mol. The minimum absolute atomic E-state index is 0.547. The lowest BCUT2D eigenvalue weighted by Gasteiger charge is -2.30. The molecule has 0 aliphatic carbocycles. The first-order chi connectivity index (χ1) is 8.13. The van der Waals surface area contributed by atoms with Crippen molar-refractivity contribution in [3.8, 4) is 0 Å². The van der Waals surface area contributed by atoms with Crippen molar-refractivity contribution in [1.82, 2.24) is 20.4 Å². The first kappa shape index (κ1) is 12.5. The van der Waals surface area contributed by atoms with Crippen molar-refractivity contribution < 1.29 is 4.52 Å². The average molecular weight is 238 g/mol. The molecule has 2 heterocycles. The summed E-state index contributed by atoms with van der Waals surface area (Å²) in [6.45, 7) is 10.5. The van der Waals surface area contributed by atoms with Crippen LogP contribution in [-0.2, 0) is 13.0 Å². The molecular formula is C12H22N4O. The lowest BCUT2D eigenvalue weighted by atomic mass is 10.1. The molecule has 5 heteroatoms. The summed E-state index contributed by atoms with van der Waals surface area (Å²) in [6.07, 6.45) is 0.866. The van der Waals surface area contributed by atoms with E-state index in [4.69, 9.17) is 4.52 Å². The van der Waals surface area contributed by atoms with Crippen LogP contribution >= 0.6 is 0 Å². The summed E-state index contributed by atoms with van der Waals surface area (Å²) in [7, 11) is 0. The van der Waals surface area contributed by atoms with E-state index in [0.29, 0.717) is 12.0 Å². The molecule has 1 atom stereocenters. The van der Waals surface area contributed by atoms with Crippen LogP contribution in [0.25, 0.3) is 0 Å². The lowest BCUT2D eigenvalue weighted by Crippen LogP contribution is -2.48. The van der Waals surface area contributed by atoms with Gasteiger partial charge in [-0.2, -0.15) is 4.98 Å². The summed E-state index contributed by atoms with van der Waals surface area (Å²) in [5, 5.41) is 7.46. The highest BCUT2D eigenvalue weighted by atomic mass is 16.5. The standard InChI is InChI=1S/C12H22N4O/c1-9(2)6-12-14-11(15-17-12)8-16-5-4-13-10(3)7-16/h9-10,13H,4-8H2,1-3H3. The maximum atomic E-state index is 5.24. The Balaban J connectivity index is 1.87. The Morgan fingerprint density at radius 3 is 3.06 bits per heavy atom. The van der Waals surface area contributed by atoms with E-state index < -0.39 is 0 Å². The van der Waals surface area contributed by atoms with Gasteiger partial charge in [-0.25, -0.2) is 0 Å². The largest absolute Gasteiger partial charge is 0.339 e. The molecule has 1 aliphatic rings. The van der Waals surface area contributed by atoms with Crippen molar-refractivity contribution in [3.63, 3.8) is 0 Å². The van der Waals surface area contributed by atoms with E-state index in [1.54, 1.807) is 0 Å². The Bertz CT molecular complexity index is 350. The first-order valence-corrected chi connectivity index (χ1v) is 6.40. The minimum Gasteiger partial charge on any atom is -0.339 e. The Kier molecular flexibility index (Phi) is 4.12. The number of nitrogens with one attached hydrogen (secondary N) is 1.